The van der Waals surface area contributed by atoms with E-state index >= 15 is 0 Å². The summed E-state index contributed by atoms with van der Waals surface area (Å²) in [6.07, 6.45) is 0.00516. The molecule has 124 valence electrons. The summed E-state index contributed by atoms with van der Waals surface area (Å²) in [5.41, 5.74) is 3.44. The van der Waals surface area contributed by atoms with Gasteiger partial charge in [0.2, 0.25) is 0 Å². The molecule has 0 radical (unpaired) electrons. The van der Waals surface area contributed by atoms with Crippen LogP contribution in [0.2, 0.25) is 0 Å². The summed E-state index contributed by atoms with van der Waals surface area (Å²) in [5, 5.41) is 1.14. The van der Waals surface area contributed by atoms with Gasteiger partial charge in [-0.2, -0.15) is 0 Å². The molecule has 0 aliphatic carbocycles. The Morgan fingerprint density at radius 1 is 1.12 bits per heavy atom. The first-order valence-corrected chi connectivity index (χ1v) is 8.14. The van der Waals surface area contributed by atoms with Crippen LogP contribution in [-0.4, -0.2) is 23.7 Å². The quantitative estimate of drug-likeness (QED) is 0.686. The average molecular weight is 323 g/mol. The van der Waals surface area contributed by atoms with Gasteiger partial charge in [0.1, 0.15) is 5.75 Å². The molecule has 0 bridgehead atoms. The van der Waals surface area contributed by atoms with Crippen molar-refractivity contribution in [2.45, 2.75) is 26.9 Å². The van der Waals surface area contributed by atoms with Crippen LogP contribution in [0.15, 0.2) is 48.5 Å². The molecule has 0 unspecified atom stereocenters. The van der Waals surface area contributed by atoms with Crippen molar-refractivity contribution in [3.05, 3.63) is 54.1 Å². The number of esters is 1. The minimum Gasteiger partial charge on any atom is -0.490 e. The van der Waals surface area contributed by atoms with Crippen LogP contribution in [0.1, 0.15) is 31.1 Å². The van der Waals surface area contributed by atoms with Gasteiger partial charge in [-0.15, -0.1) is 0 Å². The van der Waals surface area contributed by atoms with Crippen molar-refractivity contribution in [1.82, 2.24) is 4.98 Å². The van der Waals surface area contributed by atoms with E-state index in [2.05, 4.69) is 17.1 Å². The van der Waals surface area contributed by atoms with Crippen LogP contribution in [-0.2, 0) is 4.74 Å². The first-order chi connectivity index (χ1) is 11.6. The second-order valence-electron chi connectivity index (χ2n) is 5.87. The molecule has 0 amide bonds. The van der Waals surface area contributed by atoms with Crippen LogP contribution < -0.4 is 4.74 Å². The Morgan fingerprint density at radius 2 is 1.92 bits per heavy atom. The van der Waals surface area contributed by atoms with E-state index in [0.29, 0.717) is 17.9 Å². The Balaban J connectivity index is 2.06. The molecular formula is C20H21NO3. The van der Waals surface area contributed by atoms with Crippen LogP contribution in [0.3, 0.4) is 0 Å². The summed E-state index contributed by atoms with van der Waals surface area (Å²) in [7, 11) is 0. The van der Waals surface area contributed by atoms with Crippen LogP contribution in [0.25, 0.3) is 22.2 Å². The zero-order valence-electron chi connectivity index (χ0n) is 14.1. The minimum absolute atomic E-state index is 0.00516. The summed E-state index contributed by atoms with van der Waals surface area (Å²) in [6, 6.07) is 15.6. The SMILES string of the molecule is CCOC(=O)c1ccc(-c2cc3ccccc3[nH]2)c(OC(C)C)c1. The van der Waals surface area contributed by atoms with E-state index in [1.807, 2.05) is 38.1 Å². The molecule has 1 N–H and O–H groups in total. The number of hydrogen-bond donors (Lipinski definition) is 1. The predicted molar refractivity (Wildman–Crippen MR) is 95.5 cm³/mol. The molecular weight excluding hydrogens is 302 g/mol. The molecule has 0 aliphatic rings. The fourth-order valence-electron chi connectivity index (χ4n) is 2.66. The molecule has 3 rings (SSSR count). The molecule has 0 spiro atoms. The standard InChI is InChI=1S/C20H21NO3/c1-4-23-20(22)15-9-10-16(19(12-15)24-13(2)3)18-11-14-7-5-6-8-17(14)21-18/h5-13,21H,4H2,1-3H3. The molecule has 24 heavy (non-hydrogen) atoms. The molecule has 4 heteroatoms. The smallest absolute Gasteiger partial charge is 0.338 e. The van der Waals surface area contributed by atoms with E-state index < -0.39 is 0 Å². The van der Waals surface area contributed by atoms with Gasteiger partial charge in [0.15, 0.2) is 0 Å². The number of fused-ring (bicyclic) bond motifs is 1. The third kappa shape index (κ3) is 3.27. The number of carbonyl (C=O) groups excluding carboxylic acids is 1. The first-order valence-electron chi connectivity index (χ1n) is 8.14. The van der Waals surface area contributed by atoms with E-state index in [4.69, 9.17) is 9.47 Å². The highest BCUT2D eigenvalue weighted by molar-refractivity contribution is 5.92. The molecule has 0 atom stereocenters. The molecule has 0 aliphatic heterocycles. The van der Waals surface area contributed by atoms with Crippen molar-refractivity contribution in [3.8, 4) is 17.0 Å². The number of H-pyrrole nitrogens is 1. The molecule has 0 saturated heterocycles. The molecule has 1 heterocycles. The maximum absolute atomic E-state index is 12.0. The van der Waals surface area contributed by atoms with Gasteiger partial charge in [-0.3, -0.25) is 0 Å². The Hall–Kier alpha value is -2.75. The monoisotopic (exact) mass is 323 g/mol. The van der Waals surface area contributed by atoms with Crippen molar-refractivity contribution in [2.75, 3.05) is 6.61 Å². The third-order valence-corrected chi connectivity index (χ3v) is 3.68. The second-order valence-corrected chi connectivity index (χ2v) is 5.87. The zero-order chi connectivity index (χ0) is 17.1. The molecule has 1 aromatic heterocycles. The molecule has 0 saturated carbocycles. The van der Waals surface area contributed by atoms with Crippen LogP contribution in [0.4, 0.5) is 0 Å². The summed E-state index contributed by atoms with van der Waals surface area (Å²) in [4.78, 5) is 15.4. The fourth-order valence-corrected chi connectivity index (χ4v) is 2.66. The number of aromatic amines is 1. The van der Waals surface area contributed by atoms with Crippen molar-refractivity contribution in [2.24, 2.45) is 0 Å². The predicted octanol–water partition coefficient (Wildman–Crippen LogP) is 4.80. The Bertz CT molecular complexity index is 831. The number of hydrogen-bond acceptors (Lipinski definition) is 3. The minimum atomic E-state index is -0.339. The normalized spacial score (nSPS) is 11.0. The summed E-state index contributed by atoms with van der Waals surface area (Å²) >= 11 is 0. The highest BCUT2D eigenvalue weighted by Gasteiger charge is 2.15. The highest BCUT2D eigenvalue weighted by Crippen LogP contribution is 2.33. The molecule has 0 fully saturated rings. The lowest BCUT2D eigenvalue weighted by Crippen LogP contribution is -2.09. The maximum Gasteiger partial charge on any atom is 0.338 e. The van der Waals surface area contributed by atoms with Crippen LogP contribution >= 0.6 is 0 Å². The number of rotatable bonds is 5. The van der Waals surface area contributed by atoms with E-state index in [-0.39, 0.29) is 12.1 Å². The van der Waals surface area contributed by atoms with Crippen LogP contribution in [0.5, 0.6) is 5.75 Å². The number of benzene rings is 2. The molecule has 4 nitrogen and oxygen atoms in total. The van der Waals surface area contributed by atoms with E-state index in [1.54, 1.807) is 19.1 Å². The lowest BCUT2D eigenvalue weighted by atomic mass is 10.1. The molecule has 2 aromatic carbocycles. The lowest BCUT2D eigenvalue weighted by Gasteiger charge is -2.15. The van der Waals surface area contributed by atoms with E-state index in [1.165, 1.54) is 0 Å². The fraction of sp³-hybridized carbons (Fsp3) is 0.250. The number of ether oxygens (including phenoxy) is 2. The highest BCUT2D eigenvalue weighted by atomic mass is 16.5. The first kappa shape index (κ1) is 16.1. The van der Waals surface area contributed by atoms with Crippen LogP contribution in [0, 0.1) is 0 Å². The number of carbonyl (C=O) groups is 1. The Labute approximate surface area is 141 Å². The average Bonchev–Trinajstić information content (AvgIpc) is 2.98. The lowest BCUT2D eigenvalue weighted by molar-refractivity contribution is 0.0525. The van der Waals surface area contributed by atoms with Gasteiger partial charge >= 0.3 is 5.97 Å². The summed E-state index contributed by atoms with van der Waals surface area (Å²) < 4.78 is 11.0. The number of para-hydroxylation sites is 1. The second kappa shape index (κ2) is 6.79. The van der Waals surface area contributed by atoms with Crippen molar-refractivity contribution >= 4 is 16.9 Å². The summed E-state index contributed by atoms with van der Waals surface area (Å²) in [6.45, 7) is 6.07. The molecule has 3 aromatic rings. The third-order valence-electron chi connectivity index (χ3n) is 3.68. The van der Waals surface area contributed by atoms with Crippen molar-refractivity contribution in [3.63, 3.8) is 0 Å². The van der Waals surface area contributed by atoms with E-state index in [9.17, 15) is 4.79 Å². The Morgan fingerprint density at radius 3 is 2.62 bits per heavy atom. The maximum atomic E-state index is 12.0. The van der Waals surface area contributed by atoms with Gasteiger partial charge in [-0.05, 0) is 51.1 Å². The van der Waals surface area contributed by atoms with Gasteiger partial charge in [0.25, 0.3) is 0 Å². The largest absolute Gasteiger partial charge is 0.490 e. The van der Waals surface area contributed by atoms with E-state index in [0.717, 1.165) is 22.2 Å². The van der Waals surface area contributed by atoms with Crippen molar-refractivity contribution in [1.29, 1.82) is 0 Å². The zero-order valence-corrected chi connectivity index (χ0v) is 14.1. The Kier molecular flexibility index (Phi) is 4.56. The van der Waals surface area contributed by atoms with Gasteiger partial charge < -0.3 is 14.5 Å². The number of aromatic nitrogens is 1. The van der Waals surface area contributed by atoms with Crippen molar-refractivity contribution < 1.29 is 14.3 Å². The summed E-state index contributed by atoms with van der Waals surface area (Å²) in [5.74, 6) is 0.330. The number of nitrogens with one attached hydrogen (secondary N) is 1. The van der Waals surface area contributed by atoms with Gasteiger partial charge in [-0.25, -0.2) is 4.79 Å². The van der Waals surface area contributed by atoms with Gasteiger partial charge in [-0.1, -0.05) is 18.2 Å². The van der Waals surface area contributed by atoms with Gasteiger partial charge in [0.05, 0.1) is 24.0 Å². The topological polar surface area (TPSA) is 51.3 Å². The van der Waals surface area contributed by atoms with Gasteiger partial charge in [0, 0.05) is 16.5 Å².